The van der Waals surface area contributed by atoms with Gasteiger partial charge >= 0.3 is 5.97 Å². The van der Waals surface area contributed by atoms with E-state index in [0.29, 0.717) is 6.42 Å². The highest BCUT2D eigenvalue weighted by atomic mass is 16.5. The molecule has 1 rings (SSSR count). The van der Waals surface area contributed by atoms with Crippen LogP contribution in [0.2, 0.25) is 0 Å². The van der Waals surface area contributed by atoms with Crippen LogP contribution in [0.3, 0.4) is 0 Å². The Balaban J connectivity index is 2.89. The average molecular weight is 240 g/mol. The van der Waals surface area contributed by atoms with E-state index in [0.717, 1.165) is 0 Å². The number of Topliss-reactive ketones (excluding diaryl/α,β-unsaturated/α-hetero) is 2. The van der Waals surface area contributed by atoms with Crippen molar-refractivity contribution in [1.29, 1.82) is 0 Å². The minimum atomic E-state index is -0.978. The van der Waals surface area contributed by atoms with Crippen molar-refractivity contribution in [3.05, 3.63) is 11.8 Å². The smallest absolute Gasteiger partial charge is 0.375 e. The van der Waals surface area contributed by atoms with Crippen molar-refractivity contribution >= 4 is 17.5 Å². The lowest BCUT2D eigenvalue weighted by Crippen LogP contribution is -2.38. The van der Waals surface area contributed by atoms with Gasteiger partial charge in [0.25, 0.3) is 5.78 Å². The van der Waals surface area contributed by atoms with E-state index in [-0.39, 0.29) is 18.3 Å². The van der Waals surface area contributed by atoms with Gasteiger partial charge in [0, 0.05) is 0 Å². The summed E-state index contributed by atoms with van der Waals surface area (Å²) in [7, 11) is 1.37. The molecular formula is C12H16O5. The van der Waals surface area contributed by atoms with Crippen LogP contribution in [0.15, 0.2) is 11.8 Å². The SMILES string of the molecule is CCOC(=O)C(=O)C1C(=O)C(OC)=CCC1C. The second-order valence-corrected chi connectivity index (χ2v) is 3.91. The molecule has 0 spiro atoms. The van der Waals surface area contributed by atoms with E-state index in [4.69, 9.17) is 4.74 Å². The van der Waals surface area contributed by atoms with Crippen LogP contribution in [-0.2, 0) is 23.9 Å². The number of hydrogen-bond donors (Lipinski definition) is 0. The monoisotopic (exact) mass is 240 g/mol. The largest absolute Gasteiger partial charge is 0.493 e. The van der Waals surface area contributed by atoms with Crippen molar-refractivity contribution in [3.8, 4) is 0 Å². The maximum atomic E-state index is 11.9. The molecule has 0 saturated carbocycles. The molecule has 5 nitrogen and oxygen atoms in total. The zero-order valence-electron chi connectivity index (χ0n) is 10.2. The van der Waals surface area contributed by atoms with Crippen LogP contribution < -0.4 is 0 Å². The molecule has 0 radical (unpaired) electrons. The number of methoxy groups -OCH3 is 1. The molecule has 0 heterocycles. The summed E-state index contributed by atoms with van der Waals surface area (Å²) in [6, 6.07) is 0. The summed E-state index contributed by atoms with van der Waals surface area (Å²) < 4.78 is 9.50. The highest BCUT2D eigenvalue weighted by Crippen LogP contribution is 2.27. The minimum Gasteiger partial charge on any atom is -0.493 e. The molecule has 2 unspecified atom stereocenters. The van der Waals surface area contributed by atoms with Gasteiger partial charge in [-0.05, 0) is 25.3 Å². The molecule has 94 valence electrons. The number of carbonyl (C=O) groups excluding carboxylic acids is 3. The third-order valence-electron chi connectivity index (χ3n) is 2.75. The summed E-state index contributed by atoms with van der Waals surface area (Å²) in [5, 5.41) is 0. The van der Waals surface area contributed by atoms with Gasteiger partial charge in [0.05, 0.1) is 19.6 Å². The topological polar surface area (TPSA) is 69.7 Å². The third kappa shape index (κ3) is 2.72. The van der Waals surface area contributed by atoms with Crippen LogP contribution in [0.4, 0.5) is 0 Å². The molecule has 1 aliphatic rings. The fraction of sp³-hybridized carbons (Fsp3) is 0.583. The molecule has 0 saturated heterocycles. The van der Waals surface area contributed by atoms with E-state index in [1.54, 1.807) is 19.9 Å². The highest BCUT2D eigenvalue weighted by Gasteiger charge is 2.40. The van der Waals surface area contributed by atoms with Crippen LogP contribution >= 0.6 is 0 Å². The number of allylic oxidation sites excluding steroid dienone is 2. The molecule has 2 atom stereocenters. The van der Waals surface area contributed by atoms with Crippen molar-refractivity contribution < 1.29 is 23.9 Å². The lowest BCUT2D eigenvalue weighted by molar-refractivity contribution is -0.157. The zero-order valence-corrected chi connectivity index (χ0v) is 10.2. The molecule has 0 aliphatic heterocycles. The molecule has 0 bridgehead atoms. The second kappa shape index (κ2) is 5.61. The number of ketones is 2. The van der Waals surface area contributed by atoms with E-state index in [9.17, 15) is 14.4 Å². The van der Waals surface area contributed by atoms with Gasteiger partial charge in [-0.25, -0.2) is 4.79 Å². The van der Waals surface area contributed by atoms with Crippen molar-refractivity contribution in [2.24, 2.45) is 11.8 Å². The zero-order chi connectivity index (χ0) is 13.0. The highest BCUT2D eigenvalue weighted by molar-refractivity contribution is 6.39. The first-order valence-electron chi connectivity index (χ1n) is 5.52. The number of rotatable bonds is 4. The van der Waals surface area contributed by atoms with E-state index >= 15 is 0 Å². The van der Waals surface area contributed by atoms with Crippen molar-refractivity contribution in [1.82, 2.24) is 0 Å². The molecule has 0 amide bonds. The van der Waals surface area contributed by atoms with Gasteiger partial charge in [-0.3, -0.25) is 9.59 Å². The van der Waals surface area contributed by atoms with E-state index in [1.807, 2.05) is 0 Å². The number of ether oxygens (including phenoxy) is 2. The standard InChI is InChI=1S/C12H16O5/c1-4-17-12(15)11(14)9-7(2)5-6-8(16-3)10(9)13/h6-7,9H,4-5H2,1-3H3. The summed E-state index contributed by atoms with van der Waals surface area (Å²) in [5.74, 6) is -3.22. The third-order valence-corrected chi connectivity index (χ3v) is 2.75. The Morgan fingerprint density at radius 1 is 1.47 bits per heavy atom. The summed E-state index contributed by atoms with van der Waals surface area (Å²) in [6.45, 7) is 3.48. The van der Waals surface area contributed by atoms with Gasteiger partial charge in [-0.2, -0.15) is 0 Å². The predicted octanol–water partition coefficient (Wildman–Crippen LogP) is 0.874. The first kappa shape index (κ1) is 13.4. The van der Waals surface area contributed by atoms with Gasteiger partial charge in [-0.1, -0.05) is 6.92 Å². The Hall–Kier alpha value is -1.65. The maximum Gasteiger partial charge on any atom is 0.375 e. The van der Waals surface area contributed by atoms with Crippen LogP contribution in [-0.4, -0.2) is 31.3 Å². The molecule has 0 fully saturated rings. The fourth-order valence-electron chi connectivity index (χ4n) is 1.83. The van der Waals surface area contributed by atoms with Crippen molar-refractivity contribution in [2.75, 3.05) is 13.7 Å². The number of carbonyl (C=O) groups is 3. The minimum absolute atomic E-state index is 0.118. The molecule has 1 aliphatic carbocycles. The molecule has 17 heavy (non-hydrogen) atoms. The quantitative estimate of drug-likeness (QED) is 0.414. The Morgan fingerprint density at radius 3 is 2.65 bits per heavy atom. The van der Waals surface area contributed by atoms with Gasteiger partial charge < -0.3 is 9.47 Å². The van der Waals surface area contributed by atoms with Crippen LogP contribution in [0.25, 0.3) is 0 Å². The maximum absolute atomic E-state index is 11.9. The van der Waals surface area contributed by atoms with Crippen LogP contribution in [0, 0.1) is 11.8 Å². The first-order valence-corrected chi connectivity index (χ1v) is 5.52. The predicted molar refractivity (Wildman–Crippen MR) is 59.0 cm³/mol. The summed E-state index contributed by atoms with van der Waals surface area (Å²) in [5.41, 5.74) is 0. The number of hydrogen-bond acceptors (Lipinski definition) is 5. The Kier molecular flexibility index (Phi) is 4.43. The fourth-order valence-corrected chi connectivity index (χ4v) is 1.83. The Bertz CT molecular complexity index is 369. The molecule has 0 aromatic heterocycles. The molecule has 0 N–H and O–H groups in total. The Labute approximate surface area is 99.8 Å². The van der Waals surface area contributed by atoms with E-state index in [2.05, 4.69) is 4.74 Å². The average Bonchev–Trinajstić information content (AvgIpc) is 2.29. The molecular weight excluding hydrogens is 224 g/mol. The second-order valence-electron chi connectivity index (χ2n) is 3.91. The molecule has 0 aromatic carbocycles. The van der Waals surface area contributed by atoms with Crippen molar-refractivity contribution in [3.63, 3.8) is 0 Å². The lowest BCUT2D eigenvalue weighted by Gasteiger charge is -2.24. The first-order chi connectivity index (χ1) is 8.02. The summed E-state index contributed by atoms with van der Waals surface area (Å²) in [4.78, 5) is 35.0. The van der Waals surface area contributed by atoms with Gasteiger partial charge in [0.15, 0.2) is 5.76 Å². The Morgan fingerprint density at radius 2 is 2.12 bits per heavy atom. The lowest BCUT2D eigenvalue weighted by atomic mass is 9.79. The summed E-state index contributed by atoms with van der Waals surface area (Å²) in [6.07, 6.45) is 2.17. The number of esters is 1. The van der Waals surface area contributed by atoms with E-state index in [1.165, 1.54) is 7.11 Å². The molecule has 5 heteroatoms. The normalized spacial score (nSPS) is 23.9. The molecule has 0 aromatic rings. The summed E-state index contributed by atoms with van der Waals surface area (Å²) >= 11 is 0. The van der Waals surface area contributed by atoms with Gasteiger partial charge in [0.1, 0.15) is 0 Å². The van der Waals surface area contributed by atoms with Gasteiger partial charge in [-0.15, -0.1) is 0 Å². The van der Waals surface area contributed by atoms with Crippen LogP contribution in [0.1, 0.15) is 20.3 Å². The van der Waals surface area contributed by atoms with Crippen LogP contribution in [0.5, 0.6) is 0 Å². The van der Waals surface area contributed by atoms with Gasteiger partial charge in [0.2, 0.25) is 5.78 Å². The van der Waals surface area contributed by atoms with E-state index < -0.39 is 23.5 Å². The van der Waals surface area contributed by atoms with Crippen molar-refractivity contribution in [2.45, 2.75) is 20.3 Å².